The SMILES string of the molecule is CC(C)c1ccc(NC(=O)Cn2cnc3sc4c(c3c2=O)CC[C@@H](C)C4)cc1. The highest BCUT2D eigenvalue weighted by atomic mass is 32.1. The smallest absolute Gasteiger partial charge is 0.262 e. The summed E-state index contributed by atoms with van der Waals surface area (Å²) in [5.41, 5.74) is 3.00. The number of hydrogen-bond acceptors (Lipinski definition) is 4. The lowest BCUT2D eigenvalue weighted by atomic mass is 9.89. The van der Waals surface area contributed by atoms with Crippen LogP contribution in [0, 0.1) is 5.92 Å². The van der Waals surface area contributed by atoms with Crippen LogP contribution in [-0.4, -0.2) is 15.5 Å². The van der Waals surface area contributed by atoms with E-state index in [1.807, 2.05) is 24.3 Å². The van der Waals surface area contributed by atoms with Crippen molar-refractivity contribution in [3.63, 3.8) is 0 Å². The first kappa shape index (κ1) is 18.9. The highest BCUT2D eigenvalue weighted by molar-refractivity contribution is 7.18. The topological polar surface area (TPSA) is 64.0 Å². The van der Waals surface area contributed by atoms with Gasteiger partial charge in [0.1, 0.15) is 11.4 Å². The van der Waals surface area contributed by atoms with E-state index in [0.29, 0.717) is 17.2 Å². The first-order valence-corrected chi connectivity index (χ1v) is 10.6. The molecule has 146 valence electrons. The van der Waals surface area contributed by atoms with Gasteiger partial charge in [-0.05, 0) is 54.4 Å². The number of thiophene rings is 1. The number of rotatable bonds is 4. The Morgan fingerprint density at radius 2 is 2.07 bits per heavy atom. The number of nitrogens with zero attached hydrogens (tertiary/aromatic N) is 2. The fourth-order valence-corrected chi connectivity index (χ4v) is 5.13. The molecule has 2 heterocycles. The highest BCUT2D eigenvalue weighted by Crippen LogP contribution is 2.35. The Bertz CT molecular complexity index is 1080. The molecule has 0 spiro atoms. The van der Waals surface area contributed by atoms with Gasteiger partial charge in [-0.25, -0.2) is 4.98 Å². The zero-order chi connectivity index (χ0) is 19.8. The normalized spacial score (nSPS) is 16.4. The number of aromatic nitrogens is 2. The third-order valence-electron chi connectivity index (χ3n) is 5.46. The molecule has 0 saturated carbocycles. The number of anilines is 1. The predicted octanol–water partition coefficient (Wildman–Crippen LogP) is 4.34. The molecule has 0 saturated heterocycles. The Kier molecular flexibility index (Phi) is 5.06. The molecule has 1 amide bonds. The number of carbonyl (C=O) groups is 1. The van der Waals surface area contributed by atoms with Crippen molar-refractivity contribution in [2.75, 3.05) is 5.32 Å². The lowest BCUT2D eigenvalue weighted by Crippen LogP contribution is -2.28. The van der Waals surface area contributed by atoms with Gasteiger partial charge in [-0.1, -0.05) is 32.9 Å². The molecule has 1 atom stereocenters. The largest absolute Gasteiger partial charge is 0.325 e. The summed E-state index contributed by atoms with van der Waals surface area (Å²) in [6.45, 7) is 6.48. The average molecular weight is 396 g/mol. The van der Waals surface area contributed by atoms with E-state index in [0.717, 1.165) is 35.3 Å². The molecule has 0 aliphatic heterocycles. The van der Waals surface area contributed by atoms with Crippen molar-refractivity contribution in [3.05, 3.63) is 57.0 Å². The van der Waals surface area contributed by atoms with Gasteiger partial charge in [-0.15, -0.1) is 11.3 Å². The summed E-state index contributed by atoms with van der Waals surface area (Å²) in [7, 11) is 0. The van der Waals surface area contributed by atoms with Crippen LogP contribution in [0.2, 0.25) is 0 Å². The maximum absolute atomic E-state index is 13.0. The summed E-state index contributed by atoms with van der Waals surface area (Å²) in [6, 6.07) is 7.82. The Labute approximate surface area is 168 Å². The second-order valence-corrected chi connectivity index (χ2v) is 9.12. The number of carbonyl (C=O) groups excluding carboxylic acids is 1. The first-order valence-electron chi connectivity index (χ1n) is 9.82. The van der Waals surface area contributed by atoms with Crippen molar-refractivity contribution >= 4 is 33.1 Å². The average Bonchev–Trinajstić information content (AvgIpc) is 3.02. The van der Waals surface area contributed by atoms with Crippen LogP contribution in [0.3, 0.4) is 0 Å². The van der Waals surface area contributed by atoms with Crippen LogP contribution in [0.25, 0.3) is 10.2 Å². The standard InChI is InChI=1S/C22H25N3O2S/c1-13(2)15-5-7-16(8-6-15)24-19(26)11-25-12-23-21-20(22(25)27)17-9-4-14(3)10-18(17)28-21/h5-8,12-14H,4,9-11H2,1-3H3,(H,24,26)/t14-/m1/s1. The van der Waals surface area contributed by atoms with E-state index in [1.54, 1.807) is 11.3 Å². The molecule has 3 aromatic rings. The predicted molar refractivity (Wildman–Crippen MR) is 114 cm³/mol. The van der Waals surface area contributed by atoms with Crippen molar-refractivity contribution in [2.24, 2.45) is 5.92 Å². The highest BCUT2D eigenvalue weighted by Gasteiger charge is 2.23. The maximum atomic E-state index is 13.0. The fraction of sp³-hybridized carbons (Fsp3) is 0.409. The minimum Gasteiger partial charge on any atom is -0.325 e. The van der Waals surface area contributed by atoms with E-state index >= 15 is 0 Å². The van der Waals surface area contributed by atoms with Crippen LogP contribution in [0.15, 0.2) is 35.4 Å². The molecule has 1 aliphatic rings. The maximum Gasteiger partial charge on any atom is 0.262 e. The lowest BCUT2D eigenvalue weighted by Gasteiger charge is -2.17. The quantitative estimate of drug-likeness (QED) is 0.714. The van der Waals surface area contributed by atoms with E-state index in [4.69, 9.17) is 0 Å². The van der Waals surface area contributed by atoms with Crippen molar-refractivity contribution in [3.8, 4) is 0 Å². The summed E-state index contributed by atoms with van der Waals surface area (Å²) in [5, 5.41) is 3.58. The molecule has 0 fully saturated rings. The third kappa shape index (κ3) is 3.61. The van der Waals surface area contributed by atoms with Crippen LogP contribution >= 0.6 is 11.3 Å². The van der Waals surface area contributed by atoms with Crippen LogP contribution in [-0.2, 0) is 24.2 Å². The molecular weight excluding hydrogens is 370 g/mol. The van der Waals surface area contributed by atoms with E-state index in [9.17, 15) is 9.59 Å². The van der Waals surface area contributed by atoms with Crippen LogP contribution in [0.4, 0.5) is 5.69 Å². The molecule has 6 heteroatoms. The molecule has 1 aliphatic carbocycles. The number of fused-ring (bicyclic) bond motifs is 3. The minimum absolute atomic E-state index is 0.0330. The number of aryl methyl sites for hydroxylation is 1. The summed E-state index contributed by atoms with van der Waals surface area (Å²) >= 11 is 1.63. The van der Waals surface area contributed by atoms with Crippen molar-refractivity contribution in [2.45, 2.75) is 52.5 Å². The second kappa shape index (κ2) is 7.51. The van der Waals surface area contributed by atoms with Gasteiger partial charge in [0.25, 0.3) is 5.56 Å². The molecule has 0 bridgehead atoms. The molecule has 1 N–H and O–H groups in total. The third-order valence-corrected chi connectivity index (χ3v) is 6.62. The van der Waals surface area contributed by atoms with Gasteiger partial charge in [-0.3, -0.25) is 14.2 Å². The van der Waals surface area contributed by atoms with Crippen LogP contribution in [0.1, 0.15) is 49.1 Å². The Morgan fingerprint density at radius 3 is 2.79 bits per heavy atom. The summed E-state index contributed by atoms with van der Waals surface area (Å²) in [6.07, 6.45) is 4.53. The zero-order valence-corrected chi connectivity index (χ0v) is 17.3. The van der Waals surface area contributed by atoms with Gasteiger partial charge in [0.15, 0.2) is 0 Å². The number of benzene rings is 1. The van der Waals surface area contributed by atoms with Crippen molar-refractivity contribution in [1.29, 1.82) is 0 Å². The minimum atomic E-state index is -0.224. The van der Waals surface area contributed by atoms with Crippen LogP contribution in [0.5, 0.6) is 0 Å². The fourth-order valence-electron chi connectivity index (χ4n) is 3.79. The van der Waals surface area contributed by atoms with Gasteiger partial charge < -0.3 is 5.32 Å². The molecule has 4 rings (SSSR count). The molecule has 0 radical (unpaired) electrons. The van der Waals surface area contributed by atoms with E-state index < -0.39 is 0 Å². The van der Waals surface area contributed by atoms with Crippen molar-refractivity contribution < 1.29 is 4.79 Å². The molecule has 28 heavy (non-hydrogen) atoms. The van der Waals surface area contributed by atoms with Crippen molar-refractivity contribution in [1.82, 2.24) is 9.55 Å². The number of hydrogen-bond donors (Lipinski definition) is 1. The molecule has 2 aromatic heterocycles. The number of nitrogens with one attached hydrogen (secondary N) is 1. The molecular formula is C22H25N3O2S. The first-order chi connectivity index (χ1) is 13.4. The van der Waals surface area contributed by atoms with Gasteiger partial charge >= 0.3 is 0 Å². The Balaban J connectivity index is 1.55. The Morgan fingerprint density at radius 1 is 1.32 bits per heavy atom. The Hall–Kier alpha value is -2.47. The monoisotopic (exact) mass is 395 g/mol. The van der Waals surface area contributed by atoms with Gasteiger partial charge in [0.2, 0.25) is 5.91 Å². The molecule has 1 aromatic carbocycles. The van der Waals surface area contributed by atoms with E-state index in [2.05, 4.69) is 31.1 Å². The summed E-state index contributed by atoms with van der Waals surface area (Å²) < 4.78 is 1.42. The lowest BCUT2D eigenvalue weighted by molar-refractivity contribution is -0.116. The molecule has 5 nitrogen and oxygen atoms in total. The number of amides is 1. The zero-order valence-electron chi connectivity index (χ0n) is 16.5. The van der Waals surface area contributed by atoms with Crippen LogP contribution < -0.4 is 10.9 Å². The molecule has 0 unspecified atom stereocenters. The summed E-state index contributed by atoms with van der Waals surface area (Å²) in [4.78, 5) is 32.0. The van der Waals surface area contributed by atoms with Gasteiger partial charge in [0.05, 0.1) is 11.7 Å². The van der Waals surface area contributed by atoms with E-state index in [1.165, 1.54) is 21.3 Å². The van der Waals surface area contributed by atoms with Gasteiger partial charge in [0, 0.05) is 10.6 Å². The van der Waals surface area contributed by atoms with Gasteiger partial charge in [-0.2, -0.15) is 0 Å². The van der Waals surface area contributed by atoms with E-state index in [-0.39, 0.29) is 18.0 Å². The summed E-state index contributed by atoms with van der Waals surface area (Å²) in [5.74, 6) is 0.870. The second-order valence-electron chi connectivity index (χ2n) is 8.03.